The highest BCUT2D eigenvalue weighted by atomic mass is 35.5. The molecule has 130 valence electrons. The van der Waals surface area contributed by atoms with Crippen molar-refractivity contribution in [3.8, 4) is 0 Å². The van der Waals surface area contributed by atoms with Crippen molar-refractivity contribution in [2.75, 3.05) is 11.4 Å². The monoisotopic (exact) mass is 354 g/mol. The molecule has 25 heavy (non-hydrogen) atoms. The lowest BCUT2D eigenvalue weighted by Crippen LogP contribution is -2.23. The molecule has 2 saturated carbocycles. The van der Waals surface area contributed by atoms with E-state index in [9.17, 15) is 4.79 Å². The van der Waals surface area contributed by atoms with Gasteiger partial charge in [-0.05, 0) is 61.1 Å². The van der Waals surface area contributed by atoms with E-state index in [1.807, 2.05) is 29.2 Å². The summed E-state index contributed by atoms with van der Waals surface area (Å²) in [6, 6.07) is 17.2. The first-order valence-corrected chi connectivity index (χ1v) is 9.03. The van der Waals surface area contributed by atoms with Gasteiger partial charge in [0.25, 0.3) is 5.91 Å². The molecule has 0 bridgehead atoms. The standard InChI is InChI=1S/C21H22N2O.ClH/c24-21-18-4-2-1-3-16(18)13-23(21)17-9-7-15(8-10-17)19-11-20(19)22-12-14-5-6-14;/h1-4,7-10,14,19-20,22H,5-6,11-13H2;1H/t19-,20+;/m0./s1. The van der Waals surface area contributed by atoms with Gasteiger partial charge in [-0.15, -0.1) is 12.4 Å². The number of amides is 1. The van der Waals surface area contributed by atoms with Crippen molar-refractivity contribution in [1.29, 1.82) is 0 Å². The number of nitrogens with one attached hydrogen (secondary N) is 1. The first-order chi connectivity index (χ1) is 11.8. The fraction of sp³-hybridized carbons (Fsp3) is 0.381. The maximum absolute atomic E-state index is 12.6. The molecule has 2 aromatic rings. The molecule has 1 heterocycles. The van der Waals surface area contributed by atoms with Gasteiger partial charge in [-0.25, -0.2) is 0 Å². The van der Waals surface area contributed by atoms with E-state index in [4.69, 9.17) is 0 Å². The van der Waals surface area contributed by atoms with Gasteiger partial charge in [0.1, 0.15) is 0 Å². The number of hydrogen-bond acceptors (Lipinski definition) is 2. The molecule has 1 amide bonds. The van der Waals surface area contributed by atoms with Gasteiger partial charge in [0, 0.05) is 23.2 Å². The van der Waals surface area contributed by atoms with Gasteiger partial charge < -0.3 is 10.2 Å². The lowest BCUT2D eigenvalue weighted by molar-refractivity contribution is 0.0996. The van der Waals surface area contributed by atoms with Gasteiger partial charge in [0.2, 0.25) is 0 Å². The summed E-state index contributed by atoms with van der Waals surface area (Å²) in [6.07, 6.45) is 4.07. The topological polar surface area (TPSA) is 32.3 Å². The molecule has 2 aromatic carbocycles. The Morgan fingerprint density at radius 1 is 1.04 bits per heavy atom. The molecule has 2 atom stereocenters. The van der Waals surface area contributed by atoms with Crippen LogP contribution in [0.5, 0.6) is 0 Å². The SMILES string of the molecule is Cl.O=C1c2ccccc2CN1c1ccc([C@@H]2C[C@H]2NCC2CC2)cc1. The zero-order valence-electron chi connectivity index (χ0n) is 14.2. The summed E-state index contributed by atoms with van der Waals surface area (Å²) in [5.41, 5.74) is 4.37. The Kier molecular flexibility index (Phi) is 4.30. The van der Waals surface area contributed by atoms with E-state index in [2.05, 4.69) is 29.6 Å². The van der Waals surface area contributed by atoms with Crippen LogP contribution in [0.15, 0.2) is 48.5 Å². The highest BCUT2D eigenvalue weighted by Crippen LogP contribution is 2.42. The maximum Gasteiger partial charge on any atom is 0.258 e. The maximum atomic E-state index is 12.6. The van der Waals surface area contributed by atoms with Gasteiger partial charge in [-0.1, -0.05) is 30.3 Å². The molecule has 0 radical (unpaired) electrons. The zero-order valence-corrected chi connectivity index (χ0v) is 15.0. The van der Waals surface area contributed by atoms with E-state index in [-0.39, 0.29) is 18.3 Å². The van der Waals surface area contributed by atoms with Crippen LogP contribution in [0.1, 0.15) is 46.7 Å². The molecule has 0 saturated heterocycles. The normalized spacial score (nSPS) is 24.0. The van der Waals surface area contributed by atoms with Crippen LogP contribution in [0.3, 0.4) is 0 Å². The Bertz CT molecular complexity index is 785. The van der Waals surface area contributed by atoms with Crippen molar-refractivity contribution < 1.29 is 4.79 Å². The molecular formula is C21H23ClN2O. The van der Waals surface area contributed by atoms with Crippen molar-refractivity contribution in [2.24, 2.45) is 5.92 Å². The van der Waals surface area contributed by atoms with Crippen molar-refractivity contribution in [1.82, 2.24) is 5.32 Å². The average molecular weight is 355 g/mol. The van der Waals surface area contributed by atoms with Gasteiger partial charge in [-0.3, -0.25) is 4.79 Å². The fourth-order valence-corrected chi connectivity index (χ4v) is 3.79. The van der Waals surface area contributed by atoms with Crippen molar-refractivity contribution in [3.63, 3.8) is 0 Å². The zero-order chi connectivity index (χ0) is 16.1. The van der Waals surface area contributed by atoms with Crippen LogP contribution in [0, 0.1) is 5.92 Å². The summed E-state index contributed by atoms with van der Waals surface area (Å²) < 4.78 is 0. The average Bonchev–Trinajstić information content (AvgIpc) is 3.52. The second kappa shape index (κ2) is 6.47. The van der Waals surface area contributed by atoms with Crippen LogP contribution in [0.4, 0.5) is 5.69 Å². The van der Waals surface area contributed by atoms with E-state index in [0.717, 1.165) is 22.7 Å². The van der Waals surface area contributed by atoms with Crippen LogP contribution in [0.25, 0.3) is 0 Å². The molecule has 0 unspecified atom stereocenters. The minimum Gasteiger partial charge on any atom is -0.313 e. The number of hydrogen-bond donors (Lipinski definition) is 1. The van der Waals surface area contributed by atoms with E-state index in [0.29, 0.717) is 18.5 Å². The van der Waals surface area contributed by atoms with Crippen LogP contribution >= 0.6 is 12.4 Å². The highest BCUT2D eigenvalue weighted by Gasteiger charge is 2.39. The lowest BCUT2D eigenvalue weighted by Gasteiger charge is -2.16. The number of rotatable bonds is 5. The van der Waals surface area contributed by atoms with Crippen LogP contribution in [0.2, 0.25) is 0 Å². The molecule has 4 heteroatoms. The molecule has 1 aliphatic heterocycles. The molecule has 1 N–H and O–H groups in total. The van der Waals surface area contributed by atoms with Crippen molar-refractivity contribution in [3.05, 3.63) is 65.2 Å². The Morgan fingerprint density at radius 3 is 2.52 bits per heavy atom. The molecule has 3 aliphatic rings. The minimum atomic E-state index is 0. The summed E-state index contributed by atoms with van der Waals surface area (Å²) in [6.45, 7) is 1.88. The van der Waals surface area contributed by atoms with Crippen molar-refractivity contribution >= 4 is 24.0 Å². The quantitative estimate of drug-likeness (QED) is 0.875. The number of fused-ring (bicyclic) bond motifs is 1. The summed E-state index contributed by atoms with van der Waals surface area (Å²) in [5, 5.41) is 3.69. The van der Waals surface area contributed by atoms with E-state index in [1.165, 1.54) is 31.4 Å². The van der Waals surface area contributed by atoms with Gasteiger partial charge in [0.15, 0.2) is 0 Å². The number of carbonyl (C=O) groups excluding carboxylic acids is 1. The minimum absolute atomic E-state index is 0. The Labute approximate surface area is 154 Å². The Balaban J connectivity index is 0.00000157. The fourth-order valence-electron chi connectivity index (χ4n) is 3.79. The third kappa shape index (κ3) is 3.19. The molecule has 0 aromatic heterocycles. The highest BCUT2D eigenvalue weighted by molar-refractivity contribution is 6.09. The molecule has 2 fully saturated rings. The van der Waals surface area contributed by atoms with Crippen LogP contribution in [-0.2, 0) is 6.54 Å². The summed E-state index contributed by atoms with van der Waals surface area (Å²) in [5.74, 6) is 1.72. The molecule has 5 rings (SSSR count). The number of halogens is 1. The predicted molar refractivity (Wildman–Crippen MR) is 103 cm³/mol. The smallest absolute Gasteiger partial charge is 0.258 e. The van der Waals surface area contributed by atoms with E-state index >= 15 is 0 Å². The summed E-state index contributed by atoms with van der Waals surface area (Å²) >= 11 is 0. The predicted octanol–water partition coefficient (Wildman–Crippen LogP) is 4.12. The summed E-state index contributed by atoms with van der Waals surface area (Å²) in [7, 11) is 0. The third-order valence-electron chi connectivity index (χ3n) is 5.61. The molecule has 0 spiro atoms. The molecule has 2 aliphatic carbocycles. The Morgan fingerprint density at radius 2 is 1.80 bits per heavy atom. The number of benzene rings is 2. The lowest BCUT2D eigenvalue weighted by atomic mass is 10.1. The van der Waals surface area contributed by atoms with E-state index < -0.39 is 0 Å². The molecular weight excluding hydrogens is 332 g/mol. The number of nitrogens with zero attached hydrogens (tertiary/aromatic N) is 1. The second-order valence-electron chi connectivity index (χ2n) is 7.44. The van der Waals surface area contributed by atoms with Gasteiger partial charge in [-0.2, -0.15) is 0 Å². The third-order valence-corrected chi connectivity index (χ3v) is 5.61. The first-order valence-electron chi connectivity index (χ1n) is 9.03. The van der Waals surface area contributed by atoms with E-state index in [1.54, 1.807) is 0 Å². The molecule has 3 nitrogen and oxygen atoms in total. The Hall–Kier alpha value is -1.84. The van der Waals surface area contributed by atoms with Gasteiger partial charge >= 0.3 is 0 Å². The number of carbonyl (C=O) groups is 1. The van der Waals surface area contributed by atoms with Crippen LogP contribution in [-0.4, -0.2) is 18.5 Å². The number of anilines is 1. The van der Waals surface area contributed by atoms with Crippen LogP contribution < -0.4 is 10.2 Å². The first kappa shape index (κ1) is 16.6. The largest absolute Gasteiger partial charge is 0.313 e. The summed E-state index contributed by atoms with van der Waals surface area (Å²) in [4.78, 5) is 14.4. The van der Waals surface area contributed by atoms with Gasteiger partial charge in [0.05, 0.1) is 6.54 Å². The second-order valence-corrected chi connectivity index (χ2v) is 7.44. The van der Waals surface area contributed by atoms with Crippen molar-refractivity contribution in [2.45, 2.75) is 37.8 Å².